The van der Waals surface area contributed by atoms with Crippen molar-refractivity contribution in [2.45, 2.75) is 49.2 Å². The molecular weight excluding hydrogens is 410 g/mol. The van der Waals surface area contributed by atoms with Crippen LogP contribution < -0.4 is 10.1 Å². The highest BCUT2D eigenvalue weighted by Gasteiger charge is 2.17. The highest BCUT2D eigenvalue weighted by atomic mass is 35.5. The van der Waals surface area contributed by atoms with Gasteiger partial charge in [-0.3, -0.25) is 0 Å². The van der Waals surface area contributed by atoms with Crippen molar-refractivity contribution in [3.05, 3.63) is 53.7 Å². The first kappa shape index (κ1) is 21.0. The van der Waals surface area contributed by atoms with Gasteiger partial charge < -0.3 is 10.1 Å². The van der Waals surface area contributed by atoms with Crippen molar-refractivity contribution in [2.24, 2.45) is 0 Å². The van der Waals surface area contributed by atoms with Crippen LogP contribution in [-0.2, 0) is 0 Å². The number of aryl methyl sites for hydroxylation is 1. The Morgan fingerprint density at radius 2 is 1.93 bits per heavy atom. The molecule has 1 aliphatic rings. The normalized spacial score (nSPS) is 14.3. The van der Waals surface area contributed by atoms with Crippen molar-refractivity contribution in [3.8, 4) is 11.5 Å². The zero-order valence-corrected chi connectivity index (χ0v) is 18.2. The largest absolute Gasteiger partial charge is 0.453 e. The number of ether oxygens (including phenoxy) is 1. The van der Waals surface area contributed by atoms with Crippen LogP contribution in [0.3, 0.4) is 0 Å². The number of aromatic nitrogens is 2. The number of para-hydroxylation sites is 1. The van der Waals surface area contributed by atoms with Crippen LogP contribution in [0.15, 0.2) is 52.9 Å². The van der Waals surface area contributed by atoms with Gasteiger partial charge in [0.15, 0.2) is 16.7 Å². The van der Waals surface area contributed by atoms with E-state index in [0.29, 0.717) is 11.1 Å². The fraction of sp³-hybridized carbons (Fsp3) is 0.333. The molecular formula is C21H24ClN3OS2. The number of nitrogens with one attached hydrogen (secondary N) is 1. The quantitative estimate of drug-likeness (QED) is 0.444. The van der Waals surface area contributed by atoms with Gasteiger partial charge in [0, 0.05) is 21.7 Å². The van der Waals surface area contributed by atoms with Gasteiger partial charge in [0.1, 0.15) is 5.75 Å². The van der Waals surface area contributed by atoms with Crippen LogP contribution in [0.5, 0.6) is 11.5 Å². The molecule has 0 saturated heterocycles. The van der Waals surface area contributed by atoms with Crippen LogP contribution in [-0.4, -0.2) is 15.2 Å². The lowest BCUT2D eigenvalue weighted by Gasteiger charge is -2.21. The maximum Gasteiger partial charge on any atom is 0.188 e. The standard InChI is InChI=1S/C21H23N3OS2.ClH/c1-15-14-26-21(23-15)24-20-19(25-16-8-4-2-5-9-16)12-18(13-22-20)27-17-10-6-3-7-11-17;/h2,4-5,8-9,12-14,17H,3,6-7,10-11H2,1H3,(H,22,23,24);1H. The lowest BCUT2D eigenvalue weighted by atomic mass is 10.0. The number of hydrogen-bond donors (Lipinski definition) is 1. The summed E-state index contributed by atoms with van der Waals surface area (Å²) in [6.45, 7) is 1.99. The van der Waals surface area contributed by atoms with Crippen molar-refractivity contribution >= 4 is 46.5 Å². The Kier molecular flexibility index (Phi) is 7.59. The molecule has 0 spiro atoms. The molecule has 0 bridgehead atoms. The van der Waals surface area contributed by atoms with Gasteiger partial charge >= 0.3 is 0 Å². The van der Waals surface area contributed by atoms with Crippen molar-refractivity contribution in [3.63, 3.8) is 0 Å². The van der Waals surface area contributed by atoms with E-state index in [4.69, 9.17) is 4.74 Å². The third-order valence-electron chi connectivity index (χ3n) is 4.50. The third-order valence-corrected chi connectivity index (χ3v) is 6.67. The fourth-order valence-corrected chi connectivity index (χ4v) is 5.10. The molecule has 2 aromatic heterocycles. The molecule has 0 aliphatic heterocycles. The summed E-state index contributed by atoms with van der Waals surface area (Å²) in [4.78, 5) is 10.3. The Balaban J connectivity index is 0.00000225. The highest BCUT2D eigenvalue weighted by molar-refractivity contribution is 8.00. The number of rotatable bonds is 6. The Labute approximate surface area is 180 Å². The first-order valence-corrected chi connectivity index (χ1v) is 11.1. The summed E-state index contributed by atoms with van der Waals surface area (Å²) >= 11 is 3.49. The lowest BCUT2D eigenvalue weighted by molar-refractivity contribution is 0.481. The first-order valence-electron chi connectivity index (χ1n) is 9.35. The Morgan fingerprint density at radius 3 is 2.64 bits per heavy atom. The van der Waals surface area contributed by atoms with Crippen LogP contribution >= 0.6 is 35.5 Å². The van der Waals surface area contributed by atoms with E-state index in [0.717, 1.165) is 27.2 Å². The number of anilines is 2. The molecule has 0 radical (unpaired) electrons. The molecule has 1 N–H and O–H groups in total. The second-order valence-corrected chi connectivity index (χ2v) is 8.96. The molecule has 1 aromatic carbocycles. The Hall–Kier alpha value is -1.76. The number of thiazole rings is 1. The van der Waals surface area contributed by atoms with E-state index in [9.17, 15) is 0 Å². The summed E-state index contributed by atoms with van der Waals surface area (Å²) in [5, 5.41) is 6.84. The van der Waals surface area contributed by atoms with Gasteiger partial charge in [-0.05, 0) is 38.0 Å². The molecule has 3 aromatic rings. The van der Waals surface area contributed by atoms with Gasteiger partial charge in [-0.25, -0.2) is 9.97 Å². The highest BCUT2D eigenvalue weighted by Crippen LogP contribution is 2.38. The molecule has 0 amide bonds. The van der Waals surface area contributed by atoms with E-state index in [1.807, 2.05) is 60.6 Å². The minimum atomic E-state index is 0. The summed E-state index contributed by atoms with van der Waals surface area (Å²) in [5.41, 5.74) is 0.998. The molecule has 4 nitrogen and oxygen atoms in total. The zero-order valence-electron chi connectivity index (χ0n) is 15.8. The number of nitrogens with zero attached hydrogens (tertiary/aromatic N) is 2. The summed E-state index contributed by atoms with van der Waals surface area (Å²) < 4.78 is 6.16. The average Bonchev–Trinajstić information content (AvgIpc) is 3.10. The van der Waals surface area contributed by atoms with Crippen LogP contribution in [0.1, 0.15) is 37.8 Å². The van der Waals surface area contributed by atoms with E-state index >= 15 is 0 Å². The predicted octanol–water partition coefficient (Wildman–Crippen LogP) is 7.23. The molecule has 2 heterocycles. The van der Waals surface area contributed by atoms with Gasteiger partial charge in [0.2, 0.25) is 0 Å². The van der Waals surface area contributed by atoms with Gasteiger partial charge in [0.25, 0.3) is 0 Å². The van der Waals surface area contributed by atoms with Crippen molar-refractivity contribution < 1.29 is 4.74 Å². The molecule has 28 heavy (non-hydrogen) atoms. The smallest absolute Gasteiger partial charge is 0.188 e. The molecule has 4 rings (SSSR count). The molecule has 148 valence electrons. The molecule has 1 fully saturated rings. The molecule has 1 saturated carbocycles. The molecule has 1 aliphatic carbocycles. The number of pyridine rings is 1. The average molecular weight is 434 g/mol. The Bertz CT molecular complexity index is 882. The van der Waals surface area contributed by atoms with Crippen LogP contribution in [0.2, 0.25) is 0 Å². The van der Waals surface area contributed by atoms with Crippen LogP contribution in [0, 0.1) is 6.92 Å². The van der Waals surface area contributed by atoms with Crippen molar-refractivity contribution in [1.82, 2.24) is 9.97 Å². The minimum absolute atomic E-state index is 0. The van der Waals surface area contributed by atoms with E-state index in [2.05, 4.69) is 21.4 Å². The van der Waals surface area contributed by atoms with Gasteiger partial charge in [-0.15, -0.1) is 35.5 Å². The number of halogens is 1. The second-order valence-electron chi connectivity index (χ2n) is 6.73. The maximum absolute atomic E-state index is 6.16. The summed E-state index contributed by atoms with van der Waals surface area (Å²) in [5.74, 6) is 2.23. The van der Waals surface area contributed by atoms with Crippen LogP contribution in [0.25, 0.3) is 0 Å². The number of hydrogen-bond acceptors (Lipinski definition) is 6. The Morgan fingerprint density at radius 1 is 1.14 bits per heavy atom. The topological polar surface area (TPSA) is 47.0 Å². The van der Waals surface area contributed by atoms with E-state index < -0.39 is 0 Å². The summed E-state index contributed by atoms with van der Waals surface area (Å²) in [6.07, 6.45) is 8.56. The van der Waals surface area contributed by atoms with E-state index in [1.54, 1.807) is 11.3 Å². The lowest BCUT2D eigenvalue weighted by Crippen LogP contribution is -2.07. The SMILES string of the molecule is Cc1csc(Nc2ncc(SC3CCCCC3)cc2Oc2ccccc2)n1.Cl. The van der Waals surface area contributed by atoms with E-state index in [1.165, 1.54) is 32.1 Å². The second kappa shape index (κ2) is 10.1. The monoisotopic (exact) mass is 433 g/mol. The summed E-state index contributed by atoms with van der Waals surface area (Å²) in [6, 6.07) is 11.9. The molecule has 0 unspecified atom stereocenters. The van der Waals surface area contributed by atoms with Crippen LogP contribution in [0.4, 0.5) is 10.9 Å². The predicted molar refractivity (Wildman–Crippen MR) is 121 cm³/mol. The molecule has 7 heteroatoms. The van der Waals surface area contributed by atoms with Gasteiger partial charge in [-0.2, -0.15) is 0 Å². The number of thioether (sulfide) groups is 1. The van der Waals surface area contributed by atoms with E-state index in [-0.39, 0.29) is 12.4 Å². The van der Waals surface area contributed by atoms with Gasteiger partial charge in [0.05, 0.1) is 5.69 Å². The molecule has 0 atom stereocenters. The zero-order chi connectivity index (χ0) is 18.5. The van der Waals surface area contributed by atoms with Gasteiger partial charge in [-0.1, -0.05) is 37.5 Å². The van der Waals surface area contributed by atoms with Crippen molar-refractivity contribution in [1.29, 1.82) is 0 Å². The number of benzene rings is 1. The minimum Gasteiger partial charge on any atom is -0.453 e. The van der Waals surface area contributed by atoms with Crippen molar-refractivity contribution in [2.75, 3.05) is 5.32 Å². The third kappa shape index (κ3) is 5.63. The first-order chi connectivity index (χ1) is 13.3. The summed E-state index contributed by atoms with van der Waals surface area (Å²) in [7, 11) is 0. The fourth-order valence-electron chi connectivity index (χ4n) is 3.17. The maximum atomic E-state index is 6.16.